The van der Waals surface area contributed by atoms with Crippen molar-refractivity contribution >= 4 is 28.8 Å². The van der Waals surface area contributed by atoms with E-state index in [-0.39, 0.29) is 17.5 Å². The van der Waals surface area contributed by atoms with Gasteiger partial charge in [-0.15, -0.1) is 11.3 Å². The highest BCUT2D eigenvalue weighted by molar-refractivity contribution is 7.12. The molecule has 2 N–H and O–H groups in total. The Morgan fingerprint density at radius 2 is 2.08 bits per heavy atom. The van der Waals surface area contributed by atoms with Crippen LogP contribution in [0.4, 0.5) is 18.9 Å². The second kappa shape index (κ2) is 7.97. The quantitative estimate of drug-likeness (QED) is 0.816. The molecule has 2 rings (SSSR count). The lowest BCUT2D eigenvalue weighted by molar-refractivity contribution is -0.154. The average molecular weight is 373 g/mol. The Labute approximate surface area is 145 Å². The Morgan fingerprint density at radius 3 is 2.64 bits per heavy atom. The molecule has 0 aliphatic rings. The molecule has 2 amide bonds. The highest BCUT2D eigenvalue weighted by Crippen LogP contribution is 2.18. The molecule has 0 fully saturated rings. The summed E-state index contributed by atoms with van der Waals surface area (Å²) in [4.78, 5) is 28.1. The number of thiophene rings is 1. The predicted octanol–water partition coefficient (Wildman–Crippen LogP) is 2.84. The van der Waals surface area contributed by atoms with Crippen molar-refractivity contribution in [2.24, 2.45) is 0 Å². The summed E-state index contributed by atoms with van der Waals surface area (Å²) in [6.07, 6.45) is -3.29. The van der Waals surface area contributed by atoms with Crippen LogP contribution < -0.4 is 15.4 Å². The second-order valence-corrected chi connectivity index (χ2v) is 5.90. The van der Waals surface area contributed by atoms with Gasteiger partial charge in [-0.2, -0.15) is 13.2 Å². The fourth-order valence-electron chi connectivity index (χ4n) is 1.69. The van der Waals surface area contributed by atoms with Crippen LogP contribution >= 0.6 is 11.3 Å². The number of nitrogens with one attached hydrogen (secondary N) is 2. The van der Waals surface area contributed by atoms with Gasteiger partial charge in [0, 0.05) is 6.07 Å². The smallest absolute Gasteiger partial charge is 0.422 e. The number of anilines is 1. The number of pyridine rings is 1. The number of ether oxygens (including phenoxy) is 1. The maximum Gasteiger partial charge on any atom is 0.422 e. The Balaban J connectivity index is 1.86. The summed E-state index contributed by atoms with van der Waals surface area (Å²) in [6.45, 7) is 0.0621. The molecule has 0 bridgehead atoms. The van der Waals surface area contributed by atoms with E-state index in [2.05, 4.69) is 20.4 Å². The summed E-state index contributed by atoms with van der Waals surface area (Å²) in [6, 6.07) is 5.10. The normalized spacial score (nSPS) is 12.3. The van der Waals surface area contributed by atoms with Crippen molar-refractivity contribution in [3.8, 4) is 5.88 Å². The molecular weight excluding hydrogens is 359 g/mol. The van der Waals surface area contributed by atoms with Crippen molar-refractivity contribution < 1.29 is 27.5 Å². The largest absolute Gasteiger partial charge is 0.468 e. The van der Waals surface area contributed by atoms with Crippen molar-refractivity contribution in [3.63, 3.8) is 0 Å². The Kier molecular flexibility index (Phi) is 5.97. The molecule has 2 aromatic rings. The van der Waals surface area contributed by atoms with Crippen LogP contribution in [-0.2, 0) is 4.79 Å². The van der Waals surface area contributed by atoms with Crippen LogP contribution in [0.2, 0.25) is 0 Å². The average Bonchev–Trinajstić information content (AvgIpc) is 3.08. The topological polar surface area (TPSA) is 80.3 Å². The van der Waals surface area contributed by atoms with E-state index in [1.807, 2.05) is 0 Å². The van der Waals surface area contributed by atoms with Crippen molar-refractivity contribution in [2.75, 3.05) is 11.9 Å². The monoisotopic (exact) mass is 373 g/mol. The van der Waals surface area contributed by atoms with Crippen molar-refractivity contribution in [1.82, 2.24) is 10.3 Å². The third-order valence-electron chi connectivity index (χ3n) is 2.87. The van der Waals surface area contributed by atoms with Gasteiger partial charge in [-0.1, -0.05) is 6.07 Å². The Bertz CT molecular complexity index is 718. The third-order valence-corrected chi connectivity index (χ3v) is 3.74. The fraction of sp³-hybridized carbons (Fsp3) is 0.267. The van der Waals surface area contributed by atoms with Crippen molar-refractivity contribution in [3.05, 3.63) is 40.7 Å². The van der Waals surface area contributed by atoms with Crippen LogP contribution in [0.3, 0.4) is 0 Å². The molecule has 2 aromatic heterocycles. The lowest BCUT2D eigenvalue weighted by Gasteiger charge is -2.14. The number of rotatable bonds is 6. The van der Waals surface area contributed by atoms with E-state index in [0.717, 1.165) is 6.20 Å². The molecule has 2 heterocycles. The zero-order chi connectivity index (χ0) is 18.4. The van der Waals surface area contributed by atoms with E-state index in [4.69, 9.17) is 0 Å². The molecule has 0 aliphatic carbocycles. The SMILES string of the molecule is CC(NC(=O)c1cccs1)C(=O)Nc1ccc(OCC(F)(F)F)nc1. The zero-order valence-corrected chi connectivity index (χ0v) is 13.8. The van der Waals surface area contributed by atoms with Gasteiger partial charge in [0.2, 0.25) is 11.8 Å². The molecule has 1 unspecified atom stereocenters. The first-order valence-electron chi connectivity index (χ1n) is 7.05. The van der Waals surface area contributed by atoms with Gasteiger partial charge in [0.25, 0.3) is 5.91 Å². The lowest BCUT2D eigenvalue weighted by atomic mass is 10.3. The third kappa shape index (κ3) is 6.07. The number of nitrogens with zero attached hydrogens (tertiary/aromatic N) is 1. The summed E-state index contributed by atoms with van der Waals surface area (Å²) in [5, 5.41) is 6.79. The number of aromatic nitrogens is 1. The molecule has 0 aliphatic heterocycles. The Morgan fingerprint density at radius 1 is 1.32 bits per heavy atom. The number of halogens is 3. The predicted molar refractivity (Wildman–Crippen MR) is 85.7 cm³/mol. The molecule has 25 heavy (non-hydrogen) atoms. The standard InChI is InChI=1S/C15H14F3N3O3S/c1-9(20-14(23)11-3-2-6-25-11)13(22)21-10-4-5-12(19-7-10)24-8-15(16,17)18/h2-7,9H,8H2,1H3,(H,20,23)(H,21,22). The first kappa shape index (κ1) is 18.7. The number of alkyl halides is 3. The van der Waals surface area contributed by atoms with Crippen LogP contribution in [0.1, 0.15) is 16.6 Å². The molecule has 10 heteroatoms. The van der Waals surface area contributed by atoms with Crippen LogP contribution in [0.5, 0.6) is 5.88 Å². The van der Waals surface area contributed by atoms with E-state index in [1.54, 1.807) is 17.5 Å². The van der Waals surface area contributed by atoms with Crippen LogP contribution in [0.15, 0.2) is 35.8 Å². The maximum absolute atomic E-state index is 12.0. The summed E-state index contributed by atoms with van der Waals surface area (Å²) >= 11 is 1.25. The number of carbonyl (C=O) groups excluding carboxylic acids is 2. The molecule has 0 radical (unpaired) electrons. The first-order valence-corrected chi connectivity index (χ1v) is 7.93. The van der Waals surface area contributed by atoms with E-state index in [1.165, 1.54) is 30.4 Å². The van der Waals surface area contributed by atoms with Gasteiger partial charge < -0.3 is 15.4 Å². The van der Waals surface area contributed by atoms with Crippen molar-refractivity contribution in [2.45, 2.75) is 19.1 Å². The Hall–Kier alpha value is -2.62. The minimum atomic E-state index is -4.45. The van der Waals surface area contributed by atoms with Gasteiger partial charge >= 0.3 is 6.18 Å². The maximum atomic E-state index is 12.0. The summed E-state index contributed by atoms with van der Waals surface area (Å²) in [7, 11) is 0. The van der Waals surface area contributed by atoms with Gasteiger partial charge in [-0.3, -0.25) is 9.59 Å². The number of hydrogen-bond donors (Lipinski definition) is 2. The molecule has 134 valence electrons. The van der Waals surface area contributed by atoms with Crippen LogP contribution in [0.25, 0.3) is 0 Å². The zero-order valence-electron chi connectivity index (χ0n) is 13.0. The second-order valence-electron chi connectivity index (χ2n) is 4.95. The molecular formula is C15H14F3N3O3S. The first-order chi connectivity index (χ1) is 11.7. The van der Waals surface area contributed by atoms with E-state index in [0.29, 0.717) is 4.88 Å². The summed E-state index contributed by atoms with van der Waals surface area (Å²) in [5.74, 6) is -1.07. The summed E-state index contributed by atoms with van der Waals surface area (Å²) in [5.41, 5.74) is 0.265. The van der Waals surface area contributed by atoms with Gasteiger partial charge in [0.05, 0.1) is 16.8 Å². The van der Waals surface area contributed by atoms with E-state index >= 15 is 0 Å². The number of amides is 2. The van der Waals surface area contributed by atoms with Gasteiger partial charge in [-0.05, 0) is 24.4 Å². The fourth-order valence-corrected chi connectivity index (χ4v) is 2.31. The molecule has 0 saturated heterocycles. The minimum Gasteiger partial charge on any atom is -0.468 e. The van der Waals surface area contributed by atoms with Crippen molar-refractivity contribution in [1.29, 1.82) is 0 Å². The minimum absolute atomic E-state index is 0.214. The van der Waals surface area contributed by atoms with E-state index < -0.39 is 24.7 Å². The van der Waals surface area contributed by atoms with E-state index in [9.17, 15) is 22.8 Å². The molecule has 1 atom stereocenters. The number of hydrogen-bond acceptors (Lipinski definition) is 5. The molecule has 0 saturated carbocycles. The highest BCUT2D eigenvalue weighted by atomic mass is 32.1. The van der Waals surface area contributed by atoms with Gasteiger partial charge in [0.15, 0.2) is 6.61 Å². The van der Waals surface area contributed by atoms with Gasteiger partial charge in [0.1, 0.15) is 6.04 Å². The lowest BCUT2D eigenvalue weighted by Crippen LogP contribution is -2.41. The molecule has 0 spiro atoms. The molecule has 6 nitrogen and oxygen atoms in total. The number of carbonyl (C=O) groups is 2. The van der Waals surface area contributed by atoms with Crippen LogP contribution in [-0.4, -0.2) is 35.6 Å². The van der Waals surface area contributed by atoms with Gasteiger partial charge in [-0.25, -0.2) is 4.98 Å². The highest BCUT2D eigenvalue weighted by Gasteiger charge is 2.28. The summed E-state index contributed by atoms with van der Waals surface area (Å²) < 4.78 is 40.6. The van der Waals surface area contributed by atoms with Crippen LogP contribution in [0, 0.1) is 0 Å². The molecule has 0 aromatic carbocycles.